The zero-order valence-electron chi connectivity index (χ0n) is 14.0. The smallest absolute Gasteiger partial charge is 0.0522 e. The lowest BCUT2D eigenvalue weighted by Crippen LogP contribution is -2.47. The van der Waals surface area contributed by atoms with E-state index in [1.165, 1.54) is 37.9 Å². The summed E-state index contributed by atoms with van der Waals surface area (Å²) in [5.41, 5.74) is 1.38. The van der Waals surface area contributed by atoms with Gasteiger partial charge in [-0.2, -0.15) is 5.10 Å². The minimum Gasteiger partial charge on any atom is -0.299 e. The first-order chi connectivity index (χ1) is 10.0. The van der Waals surface area contributed by atoms with Crippen molar-refractivity contribution in [3.8, 4) is 0 Å². The van der Waals surface area contributed by atoms with Crippen LogP contribution in [-0.4, -0.2) is 57.8 Å². The van der Waals surface area contributed by atoms with Gasteiger partial charge in [0, 0.05) is 44.5 Å². The highest BCUT2D eigenvalue weighted by molar-refractivity contribution is 5.10. The molecule has 0 unspecified atom stereocenters. The summed E-state index contributed by atoms with van der Waals surface area (Å²) in [7, 11) is 4.31. The van der Waals surface area contributed by atoms with Crippen LogP contribution in [0.5, 0.6) is 0 Å². The quantitative estimate of drug-likeness (QED) is 0.802. The van der Waals surface area contributed by atoms with Crippen molar-refractivity contribution in [2.45, 2.75) is 57.7 Å². The molecule has 0 bridgehead atoms. The van der Waals surface area contributed by atoms with Gasteiger partial charge in [-0.05, 0) is 58.1 Å². The van der Waals surface area contributed by atoms with Crippen molar-refractivity contribution in [3.63, 3.8) is 0 Å². The molecule has 0 amide bonds. The van der Waals surface area contributed by atoms with Crippen molar-refractivity contribution >= 4 is 0 Å². The number of hydrogen-bond acceptors (Lipinski definition) is 3. The fraction of sp³-hybridized carbons (Fsp3) is 0.824. The molecular formula is C17H30N4. The van der Waals surface area contributed by atoms with Crippen LogP contribution < -0.4 is 0 Å². The van der Waals surface area contributed by atoms with E-state index >= 15 is 0 Å². The summed E-state index contributed by atoms with van der Waals surface area (Å²) in [6.07, 6.45) is 9.57. The van der Waals surface area contributed by atoms with Crippen molar-refractivity contribution in [1.29, 1.82) is 0 Å². The van der Waals surface area contributed by atoms with Crippen LogP contribution in [0, 0.1) is 5.92 Å². The second-order valence-corrected chi connectivity index (χ2v) is 7.35. The van der Waals surface area contributed by atoms with Gasteiger partial charge in [-0.3, -0.25) is 14.5 Å². The molecule has 1 aliphatic carbocycles. The third kappa shape index (κ3) is 3.49. The minimum atomic E-state index is 0.618. The van der Waals surface area contributed by atoms with E-state index in [1.807, 2.05) is 17.9 Å². The molecule has 4 nitrogen and oxygen atoms in total. The average molecular weight is 290 g/mol. The largest absolute Gasteiger partial charge is 0.299 e. The first kappa shape index (κ1) is 15.0. The zero-order valence-corrected chi connectivity index (χ0v) is 14.0. The monoisotopic (exact) mass is 290 g/mol. The van der Waals surface area contributed by atoms with Crippen molar-refractivity contribution in [2.24, 2.45) is 13.0 Å². The van der Waals surface area contributed by atoms with Gasteiger partial charge in [-0.15, -0.1) is 0 Å². The van der Waals surface area contributed by atoms with Crippen LogP contribution in [0.4, 0.5) is 0 Å². The second-order valence-electron chi connectivity index (χ2n) is 7.35. The molecular weight excluding hydrogens is 260 g/mol. The number of likely N-dealkylation sites (tertiary alicyclic amines) is 1. The molecule has 3 rings (SSSR count). The molecule has 2 atom stereocenters. The molecule has 1 aliphatic heterocycles. The summed E-state index contributed by atoms with van der Waals surface area (Å²) in [5.74, 6) is 0.976. The Bertz CT molecular complexity index is 463. The van der Waals surface area contributed by atoms with E-state index in [0.29, 0.717) is 18.1 Å². The normalized spacial score (nSPS) is 27.1. The Morgan fingerprint density at radius 3 is 2.67 bits per heavy atom. The summed E-state index contributed by atoms with van der Waals surface area (Å²) in [5, 5.41) is 4.35. The van der Waals surface area contributed by atoms with Crippen molar-refractivity contribution < 1.29 is 0 Å². The van der Waals surface area contributed by atoms with E-state index in [4.69, 9.17) is 0 Å². The van der Waals surface area contributed by atoms with Gasteiger partial charge in [0.1, 0.15) is 0 Å². The highest BCUT2D eigenvalue weighted by Crippen LogP contribution is 2.34. The predicted octanol–water partition coefficient (Wildman–Crippen LogP) is 2.16. The standard InChI is InChI=1S/C17H30N4/c1-13(2)20(4)16-7-8-21(12-14-5-6-14)17(16)9-15-10-18-19(3)11-15/h10-11,13-14,16-17H,5-9,12H2,1-4H3/t16-,17+/m1/s1. The third-order valence-electron chi connectivity index (χ3n) is 5.36. The van der Waals surface area contributed by atoms with Gasteiger partial charge < -0.3 is 0 Å². The molecule has 2 fully saturated rings. The summed E-state index contributed by atoms with van der Waals surface area (Å²) < 4.78 is 1.93. The Hall–Kier alpha value is -0.870. The van der Waals surface area contributed by atoms with E-state index in [9.17, 15) is 0 Å². The molecule has 4 heteroatoms. The summed E-state index contributed by atoms with van der Waals surface area (Å²) in [4.78, 5) is 5.34. The molecule has 0 spiro atoms. The third-order valence-corrected chi connectivity index (χ3v) is 5.36. The maximum atomic E-state index is 4.35. The molecule has 1 saturated heterocycles. The summed E-state index contributed by atoms with van der Waals surface area (Å²) in [6, 6.07) is 1.96. The Morgan fingerprint density at radius 1 is 1.33 bits per heavy atom. The van der Waals surface area contributed by atoms with Crippen LogP contribution in [0.1, 0.15) is 38.7 Å². The SMILES string of the molecule is CC(C)N(C)[C@@H]1CCN(CC2CC2)[C@H]1Cc1cnn(C)c1. The first-order valence-corrected chi connectivity index (χ1v) is 8.48. The van der Waals surface area contributed by atoms with Gasteiger partial charge in [0.2, 0.25) is 0 Å². The summed E-state index contributed by atoms with van der Waals surface area (Å²) in [6.45, 7) is 7.20. The topological polar surface area (TPSA) is 24.3 Å². The Balaban J connectivity index is 1.73. The second kappa shape index (κ2) is 6.09. The highest BCUT2D eigenvalue weighted by atomic mass is 15.3. The van der Waals surface area contributed by atoms with Crippen LogP contribution in [0.25, 0.3) is 0 Å². The number of rotatable bonds is 6. The zero-order chi connectivity index (χ0) is 15.0. The van der Waals surface area contributed by atoms with E-state index < -0.39 is 0 Å². The molecule has 1 aromatic rings. The lowest BCUT2D eigenvalue weighted by molar-refractivity contribution is 0.136. The molecule has 0 radical (unpaired) electrons. The molecule has 2 aliphatic rings. The van der Waals surface area contributed by atoms with Crippen LogP contribution in [-0.2, 0) is 13.5 Å². The molecule has 0 N–H and O–H groups in total. The van der Waals surface area contributed by atoms with E-state index in [0.717, 1.165) is 12.3 Å². The van der Waals surface area contributed by atoms with Gasteiger partial charge in [0.15, 0.2) is 0 Å². The van der Waals surface area contributed by atoms with Gasteiger partial charge in [-0.1, -0.05) is 0 Å². The summed E-state index contributed by atoms with van der Waals surface area (Å²) >= 11 is 0. The average Bonchev–Trinajstić information content (AvgIpc) is 3.04. The Labute approximate surface area is 129 Å². The molecule has 0 aromatic carbocycles. The maximum Gasteiger partial charge on any atom is 0.0522 e. The van der Waals surface area contributed by atoms with Crippen LogP contribution in [0.3, 0.4) is 0 Å². The molecule has 2 heterocycles. The van der Waals surface area contributed by atoms with Crippen molar-refractivity contribution in [3.05, 3.63) is 18.0 Å². The predicted molar refractivity (Wildman–Crippen MR) is 86.3 cm³/mol. The minimum absolute atomic E-state index is 0.618. The van der Waals surface area contributed by atoms with E-state index in [1.54, 1.807) is 0 Å². The molecule has 1 saturated carbocycles. The van der Waals surface area contributed by atoms with E-state index in [2.05, 4.69) is 42.0 Å². The first-order valence-electron chi connectivity index (χ1n) is 8.48. The molecule has 1 aromatic heterocycles. The number of aromatic nitrogens is 2. The van der Waals surface area contributed by atoms with Gasteiger partial charge in [0.05, 0.1) is 6.20 Å². The molecule has 21 heavy (non-hydrogen) atoms. The van der Waals surface area contributed by atoms with Crippen LogP contribution in [0.15, 0.2) is 12.4 Å². The fourth-order valence-electron chi connectivity index (χ4n) is 3.70. The fourth-order valence-corrected chi connectivity index (χ4v) is 3.70. The number of likely N-dealkylation sites (N-methyl/N-ethyl adjacent to an activating group) is 1. The lowest BCUT2D eigenvalue weighted by Gasteiger charge is -2.35. The van der Waals surface area contributed by atoms with E-state index in [-0.39, 0.29) is 0 Å². The van der Waals surface area contributed by atoms with Crippen molar-refractivity contribution in [1.82, 2.24) is 19.6 Å². The van der Waals surface area contributed by atoms with Gasteiger partial charge >= 0.3 is 0 Å². The van der Waals surface area contributed by atoms with Gasteiger partial charge in [-0.25, -0.2) is 0 Å². The Morgan fingerprint density at radius 2 is 2.10 bits per heavy atom. The number of nitrogens with zero attached hydrogens (tertiary/aromatic N) is 4. The Kier molecular flexibility index (Phi) is 4.36. The lowest BCUT2D eigenvalue weighted by atomic mass is 10.00. The number of hydrogen-bond donors (Lipinski definition) is 0. The van der Waals surface area contributed by atoms with Gasteiger partial charge in [0.25, 0.3) is 0 Å². The highest BCUT2D eigenvalue weighted by Gasteiger charge is 2.39. The number of aryl methyl sites for hydroxylation is 1. The van der Waals surface area contributed by atoms with Crippen molar-refractivity contribution in [2.75, 3.05) is 20.1 Å². The molecule has 118 valence electrons. The van der Waals surface area contributed by atoms with Crippen LogP contribution >= 0.6 is 0 Å². The van der Waals surface area contributed by atoms with Crippen LogP contribution in [0.2, 0.25) is 0 Å². The maximum absolute atomic E-state index is 4.35.